The van der Waals surface area contributed by atoms with Gasteiger partial charge in [0.2, 0.25) is 6.29 Å². The SMILES string of the molecule is C=COCCCC1OC(OC(C)=O)C=CC1=O. The van der Waals surface area contributed by atoms with Crippen LogP contribution in [0.15, 0.2) is 25.0 Å². The predicted molar refractivity (Wildman–Crippen MR) is 60.0 cm³/mol. The molecular formula is C12H16O5. The van der Waals surface area contributed by atoms with Crippen LogP contribution in [-0.4, -0.2) is 30.8 Å². The second-order valence-corrected chi connectivity index (χ2v) is 3.54. The van der Waals surface area contributed by atoms with Crippen molar-refractivity contribution in [2.24, 2.45) is 0 Å². The van der Waals surface area contributed by atoms with Crippen molar-refractivity contribution in [2.75, 3.05) is 6.61 Å². The third-order valence-corrected chi connectivity index (χ3v) is 2.16. The van der Waals surface area contributed by atoms with E-state index in [4.69, 9.17) is 14.2 Å². The highest BCUT2D eigenvalue weighted by Crippen LogP contribution is 2.15. The highest BCUT2D eigenvalue weighted by molar-refractivity contribution is 5.94. The topological polar surface area (TPSA) is 61.8 Å². The van der Waals surface area contributed by atoms with Gasteiger partial charge in [-0.2, -0.15) is 0 Å². The van der Waals surface area contributed by atoms with Gasteiger partial charge in [-0.3, -0.25) is 9.59 Å². The van der Waals surface area contributed by atoms with Gasteiger partial charge >= 0.3 is 5.97 Å². The number of carbonyl (C=O) groups is 2. The molecule has 0 fully saturated rings. The zero-order valence-electron chi connectivity index (χ0n) is 9.76. The molecule has 0 radical (unpaired) electrons. The Bertz CT molecular complexity index is 321. The Kier molecular flexibility index (Phi) is 5.42. The second kappa shape index (κ2) is 6.85. The monoisotopic (exact) mass is 240 g/mol. The molecule has 1 aliphatic rings. The molecule has 5 heteroatoms. The van der Waals surface area contributed by atoms with Crippen molar-refractivity contribution in [1.29, 1.82) is 0 Å². The van der Waals surface area contributed by atoms with Crippen molar-refractivity contribution in [3.8, 4) is 0 Å². The fourth-order valence-electron chi connectivity index (χ4n) is 1.43. The van der Waals surface area contributed by atoms with Gasteiger partial charge in [0.1, 0.15) is 6.10 Å². The van der Waals surface area contributed by atoms with Crippen LogP contribution in [0, 0.1) is 0 Å². The highest BCUT2D eigenvalue weighted by Gasteiger charge is 2.26. The van der Waals surface area contributed by atoms with Gasteiger partial charge in [0.25, 0.3) is 0 Å². The maximum atomic E-state index is 11.5. The van der Waals surface area contributed by atoms with E-state index in [1.54, 1.807) is 0 Å². The van der Waals surface area contributed by atoms with Crippen LogP contribution < -0.4 is 0 Å². The molecule has 1 aliphatic heterocycles. The van der Waals surface area contributed by atoms with Crippen molar-refractivity contribution in [1.82, 2.24) is 0 Å². The molecule has 5 nitrogen and oxygen atoms in total. The molecule has 1 heterocycles. The highest BCUT2D eigenvalue weighted by atomic mass is 16.7. The van der Waals surface area contributed by atoms with E-state index in [2.05, 4.69) is 6.58 Å². The molecule has 2 atom stereocenters. The third kappa shape index (κ3) is 4.82. The molecule has 1 rings (SSSR count). The van der Waals surface area contributed by atoms with E-state index in [1.165, 1.54) is 25.3 Å². The summed E-state index contributed by atoms with van der Waals surface area (Å²) >= 11 is 0. The fraction of sp³-hybridized carbons (Fsp3) is 0.500. The Morgan fingerprint density at radius 1 is 1.65 bits per heavy atom. The molecule has 94 valence electrons. The molecule has 17 heavy (non-hydrogen) atoms. The smallest absolute Gasteiger partial charge is 0.305 e. The van der Waals surface area contributed by atoms with Gasteiger partial charge in [0.15, 0.2) is 5.78 Å². The summed E-state index contributed by atoms with van der Waals surface area (Å²) in [5.41, 5.74) is 0. The van der Waals surface area contributed by atoms with E-state index in [-0.39, 0.29) is 5.78 Å². The van der Waals surface area contributed by atoms with E-state index < -0.39 is 18.4 Å². The minimum Gasteiger partial charge on any atom is -0.502 e. The van der Waals surface area contributed by atoms with Crippen LogP contribution in [0.5, 0.6) is 0 Å². The van der Waals surface area contributed by atoms with Crippen LogP contribution in [0.2, 0.25) is 0 Å². The Morgan fingerprint density at radius 2 is 2.41 bits per heavy atom. The lowest BCUT2D eigenvalue weighted by molar-refractivity contribution is -0.180. The normalized spacial score (nSPS) is 23.2. The summed E-state index contributed by atoms with van der Waals surface area (Å²) in [6, 6.07) is 0. The van der Waals surface area contributed by atoms with E-state index in [1.807, 2.05) is 0 Å². The lowest BCUT2D eigenvalue weighted by atomic mass is 10.1. The summed E-state index contributed by atoms with van der Waals surface area (Å²) < 4.78 is 15.1. The molecule has 0 aromatic heterocycles. The van der Waals surface area contributed by atoms with Crippen LogP contribution in [0.25, 0.3) is 0 Å². The Hall–Kier alpha value is -1.62. The van der Waals surface area contributed by atoms with Gasteiger partial charge < -0.3 is 14.2 Å². The van der Waals surface area contributed by atoms with E-state index >= 15 is 0 Å². The Morgan fingerprint density at radius 3 is 3.06 bits per heavy atom. The maximum absolute atomic E-state index is 11.5. The maximum Gasteiger partial charge on any atom is 0.305 e. The number of hydrogen-bond acceptors (Lipinski definition) is 5. The molecular weight excluding hydrogens is 224 g/mol. The number of ether oxygens (including phenoxy) is 3. The summed E-state index contributed by atoms with van der Waals surface area (Å²) in [6.45, 7) is 5.19. The van der Waals surface area contributed by atoms with Crippen LogP contribution in [0.4, 0.5) is 0 Å². The van der Waals surface area contributed by atoms with Crippen molar-refractivity contribution < 1.29 is 23.8 Å². The van der Waals surface area contributed by atoms with Crippen molar-refractivity contribution in [3.05, 3.63) is 25.0 Å². The lowest BCUT2D eigenvalue weighted by Crippen LogP contribution is -2.34. The van der Waals surface area contributed by atoms with Crippen LogP contribution in [-0.2, 0) is 23.8 Å². The molecule has 0 aromatic carbocycles. The molecule has 0 spiro atoms. The number of ketones is 1. The first kappa shape index (κ1) is 13.4. The van der Waals surface area contributed by atoms with Gasteiger partial charge in [-0.15, -0.1) is 0 Å². The van der Waals surface area contributed by atoms with E-state index in [9.17, 15) is 9.59 Å². The number of hydrogen-bond donors (Lipinski definition) is 0. The van der Waals surface area contributed by atoms with Crippen LogP contribution in [0.3, 0.4) is 0 Å². The van der Waals surface area contributed by atoms with Gasteiger partial charge in [-0.1, -0.05) is 6.58 Å². The Balaban J connectivity index is 2.38. The Labute approximate surface area is 100 Å². The summed E-state index contributed by atoms with van der Waals surface area (Å²) in [5.74, 6) is -0.560. The zero-order chi connectivity index (χ0) is 12.7. The van der Waals surface area contributed by atoms with Gasteiger partial charge in [0, 0.05) is 6.92 Å². The first-order valence-corrected chi connectivity index (χ1v) is 5.40. The summed E-state index contributed by atoms with van der Waals surface area (Å²) in [4.78, 5) is 22.2. The number of carbonyl (C=O) groups excluding carboxylic acids is 2. The average Bonchev–Trinajstić information content (AvgIpc) is 2.28. The first-order valence-electron chi connectivity index (χ1n) is 5.40. The molecule has 0 saturated heterocycles. The summed E-state index contributed by atoms with van der Waals surface area (Å²) in [6.07, 6.45) is 4.02. The van der Waals surface area contributed by atoms with E-state index in [0.29, 0.717) is 19.4 Å². The summed E-state index contributed by atoms with van der Waals surface area (Å²) in [5, 5.41) is 0. The zero-order valence-corrected chi connectivity index (χ0v) is 9.76. The van der Waals surface area contributed by atoms with Crippen molar-refractivity contribution in [2.45, 2.75) is 32.2 Å². The third-order valence-electron chi connectivity index (χ3n) is 2.16. The van der Waals surface area contributed by atoms with Gasteiger partial charge in [-0.25, -0.2) is 0 Å². The predicted octanol–water partition coefficient (Wildman–Crippen LogP) is 1.34. The minimum absolute atomic E-state index is 0.119. The molecule has 0 N–H and O–H groups in total. The van der Waals surface area contributed by atoms with Crippen LogP contribution >= 0.6 is 0 Å². The molecule has 2 unspecified atom stereocenters. The first-order chi connectivity index (χ1) is 8.13. The molecule has 0 bridgehead atoms. The lowest BCUT2D eigenvalue weighted by Gasteiger charge is -2.24. The molecule has 0 aliphatic carbocycles. The number of esters is 1. The number of rotatable bonds is 6. The van der Waals surface area contributed by atoms with Crippen molar-refractivity contribution in [3.63, 3.8) is 0 Å². The summed E-state index contributed by atoms with van der Waals surface area (Å²) in [7, 11) is 0. The quantitative estimate of drug-likeness (QED) is 0.398. The van der Waals surface area contributed by atoms with Crippen molar-refractivity contribution >= 4 is 11.8 Å². The molecule has 0 saturated carbocycles. The van der Waals surface area contributed by atoms with Gasteiger partial charge in [-0.05, 0) is 25.0 Å². The van der Waals surface area contributed by atoms with E-state index in [0.717, 1.165) is 0 Å². The largest absolute Gasteiger partial charge is 0.502 e. The second-order valence-electron chi connectivity index (χ2n) is 3.54. The molecule has 0 amide bonds. The standard InChI is InChI=1S/C12H16O5/c1-3-15-8-4-5-11-10(14)6-7-12(17-11)16-9(2)13/h3,6-7,11-12H,1,4-5,8H2,2H3. The van der Waals surface area contributed by atoms with Crippen LogP contribution in [0.1, 0.15) is 19.8 Å². The minimum atomic E-state index is -0.768. The fourth-order valence-corrected chi connectivity index (χ4v) is 1.43. The molecule has 0 aromatic rings. The average molecular weight is 240 g/mol. The van der Waals surface area contributed by atoms with Gasteiger partial charge in [0.05, 0.1) is 12.9 Å².